The molecule has 3 heteroatoms. The van der Waals surface area contributed by atoms with Crippen molar-refractivity contribution in [1.29, 1.82) is 0 Å². The second kappa shape index (κ2) is 4.88. The molecule has 1 heterocycles. The minimum absolute atomic E-state index is 0.160. The molecule has 0 bridgehead atoms. The van der Waals surface area contributed by atoms with Gasteiger partial charge < -0.3 is 5.32 Å². The van der Waals surface area contributed by atoms with Gasteiger partial charge in [0, 0.05) is 20.1 Å². The van der Waals surface area contributed by atoms with E-state index in [0.717, 1.165) is 26.1 Å². The fraction of sp³-hybridized carbons (Fsp3) is 0.500. The second-order valence-electron chi connectivity index (χ2n) is 5.09. The largest absolute Gasteiger partial charge is 0.359 e. The van der Waals surface area contributed by atoms with E-state index in [1.165, 1.54) is 5.56 Å². The van der Waals surface area contributed by atoms with E-state index in [0.29, 0.717) is 0 Å². The Morgan fingerprint density at radius 1 is 1.41 bits per heavy atom. The average Bonchev–Trinajstić information content (AvgIpc) is 2.72. The SMILES string of the molecule is CNC(=O)[C@@]1(C)CCN(Cc2ccccc2)C1. The highest BCUT2D eigenvalue weighted by Gasteiger charge is 2.39. The van der Waals surface area contributed by atoms with Crippen molar-refractivity contribution in [3.63, 3.8) is 0 Å². The summed E-state index contributed by atoms with van der Waals surface area (Å²) < 4.78 is 0. The number of carbonyl (C=O) groups excluding carboxylic acids is 1. The molecule has 1 aliphatic heterocycles. The first-order valence-electron chi connectivity index (χ1n) is 6.12. The summed E-state index contributed by atoms with van der Waals surface area (Å²) in [5.41, 5.74) is 1.09. The predicted molar refractivity (Wildman–Crippen MR) is 68.5 cm³/mol. The van der Waals surface area contributed by atoms with Crippen LogP contribution in [0.15, 0.2) is 30.3 Å². The van der Waals surface area contributed by atoms with E-state index >= 15 is 0 Å². The number of nitrogens with zero attached hydrogens (tertiary/aromatic N) is 1. The molecular formula is C14H20N2O. The molecule has 0 radical (unpaired) electrons. The first kappa shape index (κ1) is 12.1. The summed E-state index contributed by atoms with van der Waals surface area (Å²) in [7, 11) is 1.72. The first-order valence-corrected chi connectivity index (χ1v) is 6.12. The molecule has 3 nitrogen and oxygen atoms in total. The zero-order chi connectivity index (χ0) is 12.3. The highest BCUT2D eigenvalue weighted by atomic mass is 16.2. The number of hydrogen-bond acceptors (Lipinski definition) is 2. The average molecular weight is 232 g/mol. The smallest absolute Gasteiger partial charge is 0.227 e. The summed E-state index contributed by atoms with van der Waals surface area (Å²) in [5.74, 6) is 0.160. The van der Waals surface area contributed by atoms with Gasteiger partial charge in [-0.2, -0.15) is 0 Å². The minimum atomic E-state index is -0.219. The van der Waals surface area contributed by atoms with Crippen LogP contribution in [-0.4, -0.2) is 30.9 Å². The molecule has 1 amide bonds. The van der Waals surface area contributed by atoms with E-state index in [1.54, 1.807) is 7.05 Å². The third kappa shape index (κ3) is 2.67. The Bertz CT molecular complexity index is 390. The van der Waals surface area contributed by atoms with Crippen LogP contribution >= 0.6 is 0 Å². The van der Waals surface area contributed by atoms with Crippen molar-refractivity contribution in [2.75, 3.05) is 20.1 Å². The maximum atomic E-state index is 11.8. The maximum absolute atomic E-state index is 11.8. The summed E-state index contributed by atoms with van der Waals surface area (Å²) in [6.45, 7) is 4.84. The van der Waals surface area contributed by atoms with Crippen LogP contribution in [0, 0.1) is 5.41 Å². The zero-order valence-corrected chi connectivity index (χ0v) is 10.6. The number of carbonyl (C=O) groups is 1. The van der Waals surface area contributed by atoms with Gasteiger partial charge in [-0.15, -0.1) is 0 Å². The molecule has 0 unspecified atom stereocenters. The van der Waals surface area contributed by atoms with Crippen LogP contribution in [0.25, 0.3) is 0 Å². The highest BCUT2D eigenvalue weighted by Crippen LogP contribution is 2.30. The molecule has 0 aliphatic carbocycles. The lowest BCUT2D eigenvalue weighted by Crippen LogP contribution is -2.39. The number of hydrogen-bond donors (Lipinski definition) is 1. The molecule has 0 aromatic heterocycles. The Morgan fingerprint density at radius 3 is 2.76 bits per heavy atom. The summed E-state index contributed by atoms with van der Waals surface area (Å²) in [5, 5.41) is 2.77. The van der Waals surface area contributed by atoms with Gasteiger partial charge in [-0.3, -0.25) is 9.69 Å². The van der Waals surface area contributed by atoms with E-state index in [1.807, 2.05) is 6.07 Å². The molecule has 1 atom stereocenters. The Balaban J connectivity index is 1.97. The van der Waals surface area contributed by atoms with E-state index in [4.69, 9.17) is 0 Å². The lowest BCUT2D eigenvalue weighted by Gasteiger charge is -2.22. The van der Waals surface area contributed by atoms with Crippen LogP contribution in [-0.2, 0) is 11.3 Å². The van der Waals surface area contributed by atoms with Gasteiger partial charge in [-0.25, -0.2) is 0 Å². The number of nitrogens with one attached hydrogen (secondary N) is 1. The quantitative estimate of drug-likeness (QED) is 0.859. The molecule has 0 spiro atoms. The molecular weight excluding hydrogens is 212 g/mol. The first-order chi connectivity index (χ1) is 8.14. The fourth-order valence-electron chi connectivity index (χ4n) is 2.52. The fourth-order valence-corrected chi connectivity index (χ4v) is 2.52. The van der Waals surface area contributed by atoms with E-state index in [-0.39, 0.29) is 11.3 Å². The van der Waals surface area contributed by atoms with E-state index in [2.05, 4.69) is 41.4 Å². The molecule has 1 aliphatic rings. The highest BCUT2D eigenvalue weighted by molar-refractivity contribution is 5.82. The Hall–Kier alpha value is -1.35. The van der Waals surface area contributed by atoms with E-state index in [9.17, 15) is 4.79 Å². The standard InChI is InChI=1S/C14H20N2O/c1-14(13(17)15-2)8-9-16(11-14)10-12-6-4-3-5-7-12/h3-7H,8-11H2,1-2H3,(H,15,17)/t14-/m0/s1. The van der Waals surface area contributed by atoms with Crippen molar-refractivity contribution in [2.45, 2.75) is 19.9 Å². The van der Waals surface area contributed by atoms with Crippen LogP contribution in [0.4, 0.5) is 0 Å². The van der Waals surface area contributed by atoms with Gasteiger partial charge in [0.1, 0.15) is 0 Å². The molecule has 92 valence electrons. The molecule has 1 fully saturated rings. The van der Waals surface area contributed by atoms with Crippen molar-refractivity contribution in [1.82, 2.24) is 10.2 Å². The van der Waals surface area contributed by atoms with Crippen molar-refractivity contribution in [2.24, 2.45) is 5.41 Å². The third-order valence-corrected chi connectivity index (χ3v) is 3.58. The number of likely N-dealkylation sites (tertiary alicyclic amines) is 1. The normalized spacial score (nSPS) is 24.8. The van der Waals surface area contributed by atoms with Crippen LogP contribution in [0.2, 0.25) is 0 Å². The lowest BCUT2D eigenvalue weighted by molar-refractivity contribution is -0.129. The Morgan fingerprint density at radius 2 is 2.12 bits per heavy atom. The van der Waals surface area contributed by atoms with Crippen LogP contribution < -0.4 is 5.32 Å². The van der Waals surface area contributed by atoms with Crippen molar-refractivity contribution >= 4 is 5.91 Å². The van der Waals surface area contributed by atoms with Gasteiger partial charge >= 0.3 is 0 Å². The number of amides is 1. The Labute approximate surface area is 103 Å². The zero-order valence-electron chi connectivity index (χ0n) is 10.6. The van der Waals surface area contributed by atoms with Gasteiger partial charge in [0.05, 0.1) is 5.41 Å². The molecule has 1 N–H and O–H groups in total. The lowest BCUT2D eigenvalue weighted by atomic mass is 9.89. The van der Waals surface area contributed by atoms with Gasteiger partial charge in [-0.05, 0) is 25.5 Å². The Kier molecular flexibility index (Phi) is 3.48. The summed E-state index contributed by atoms with van der Waals surface area (Å²) in [6, 6.07) is 10.4. The van der Waals surface area contributed by atoms with Gasteiger partial charge in [-0.1, -0.05) is 30.3 Å². The second-order valence-corrected chi connectivity index (χ2v) is 5.09. The molecule has 1 aromatic rings. The summed E-state index contributed by atoms with van der Waals surface area (Å²) in [4.78, 5) is 14.1. The molecule has 1 saturated heterocycles. The van der Waals surface area contributed by atoms with Crippen LogP contribution in [0.5, 0.6) is 0 Å². The topological polar surface area (TPSA) is 32.3 Å². The predicted octanol–water partition coefficient (Wildman–Crippen LogP) is 1.64. The number of benzene rings is 1. The molecule has 2 rings (SSSR count). The minimum Gasteiger partial charge on any atom is -0.359 e. The number of rotatable bonds is 3. The maximum Gasteiger partial charge on any atom is 0.227 e. The van der Waals surface area contributed by atoms with Crippen molar-refractivity contribution in [3.8, 4) is 0 Å². The molecule has 1 aromatic carbocycles. The van der Waals surface area contributed by atoms with Gasteiger partial charge in [0.15, 0.2) is 0 Å². The van der Waals surface area contributed by atoms with E-state index < -0.39 is 0 Å². The monoisotopic (exact) mass is 232 g/mol. The molecule has 0 saturated carbocycles. The van der Waals surface area contributed by atoms with Gasteiger partial charge in [0.25, 0.3) is 0 Å². The molecule has 17 heavy (non-hydrogen) atoms. The van der Waals surface area contributed by atoms with Crippen molar-refractivity contribution < 1.29 is 4.79 Å². The third-order valence-electron chi connectivity index (χ3n) is 3.58. The summed E-state index contributed by atoms with van der Waals surface area (Å²) in [6.07, 6.45) is 0.944. The van der Waals surface area contributed by atoms with Crippen LogP contribution in [0.3, 0.4) is 0 Å². The summed E-state index contributed by atoms with van der Waals surface area (Å²) >= 11 is 0. The van der Waals surface area contributed by atoms with Gasteiger partial charge in [0.2, 0.25) is 5.91 Å². The van der Waals surface area contributed by atoms with Crippen molar-refractivity contribution in [3.05, 3.63) is 35.9 Å². The van der Waals surface area contributed by atoms with Crippen LogP contribution in [0.1, 0.15) is 18.9 Å².